The number of para-hydroxylation sites is 1. The molecule has 1 atom stereocenters. The number of ether oxygens (including phenoxy) is 3. The molecule has 1 aliphatic carbocycles. The summed E-state index contributed by atoms with van der Waals surface area (Å²) in [7, 11) is 0. The Morgan fingerprint density at radius 3 is 2.74 bits per heavy atom. The van der Waals surface area contributed by atoms with E-state index in [1.54, 1.807) is 6.07 Å². The lowest BCUT2D eigenvalue weighted by Gasteiger charge is -2.15. The third-order valence-corrected chi connectivity index (χ3v) is 5.78. The largest absolute Gasteiger partial charge is 0.454 e. The van der Waals surface area contributed by atoms with Gasteiger partial charge in [0.15, 0.2) is 17.6 Å². The molecule has 3 aromatic rings. The van der Waals surface area contributed by atoms with E-state index in [2.05, 4.69) is 0 Å². The maximum Gasteiger partial charge on any atom is 0.339 e. The first-order valence-electron chi connectivity index (χ1n) is 10.7. The van der Waals surface area contributed by atoms with Crippen molar-refractivity contribution in [1.29, 1.82) is 0 Å². The molecule has 0 fully saturated rings. The number of pyridine rings is 1. The smallest absolute Gasteiger partial charge is 0.339 e. The number of carbonyl (C=O) groups is 3. The van der Waals surface area contributed by atoms with Crippen LogP contribution in [-0.2, 0) is 16.0 Å². The number of fused-ring (bicyclic) bond motifs is 3. The van der Waals surface area contributed by atoms with E-state index in [0.717, 1.165) is 22.4 Å². The number of rotatable bonds is 4. The van der Waals surface area contributed by atoms with Crippen LogP contribution >= 0.6 is 0 Å². The van der Waals surface area contributed by atoms with Crippen LogP contribution in [0.15, 0.2) is 42.5 Å². The summed E-state index contributed by atoms with van der Waals surface area (Å²) in [5, 5.41) is 2.56. The van der Waals surface area contributed by atoms with Gasteiger partial charge in [-0.3, -0.25) is 10.1 Å². The Balaban J connectivity index is 1.53. The second-order valence-electron chi connectivity index (χ2n) is 8.01. The Morgan fingerprint density at radius 2 is 1.91 bits per heavy atom. The lowest BCUT2D eigenvalue weighted by Crippen LogP contribution is -2.42. The monoisotopic (exact) mass is 459 g/mol. The fourth-order valence-electron chi connectivity index (χ4n) is 4.21. The highest BCUT2D eigenvalue weighted by Gasteiger charge is 2.29. The highest BCUT2D eigenvalue weighted by atomic mass is 16.7. The minimum absolute atomic E-state index is 0.201. The molecule has 2 heterocycles. The summed E-state index contributed by atoms with van der Waals surface area (Å²) in [5.74, 6) is -0.0605. The number of nitrogens with two attached hydrogens (primary N) is 1. The summed E-state index contributed by atoms with van der Waals surface area (Å²) in [4.78, 5) is 41.0. The van der Waals surface area contributed by atoms with Gasteiger partial charge >= 0.3 is 12.0 Å². The molecule has 0 saturated heterocycles. The van der Waals surface area contributed by atoms with Crippen molar-refractivity contribution in [2.24, 2.45) is 5.73 Å². The summed E-state index contributed by atoms with van der Waals surface area (Å²) < 4.78 is 16.3. The normalized spacial score (nSPS) is 15.7. The molecule has 0 bridgehead atoms. The van der Waals surface area contributed by atoms with Crippen LogP contribution in [0.4, 0.5) is 4.79 Å². The number of esters is 1. The van der Waals surface area contributed by atoms with Crippen molar-refractivity contribution in [2.45, 2.75) is 25.9 Å². The van der Waals surface area contributed by atoms with Crippen LogP contribution in [-0.4, -0.2) is 35.8 Å². The number of primary amides is 1. The van der Waals surface area contributed by atoms with Gasteiger partial charge in [-0.2, -0.15) is 0 Å². The minimum Gasteiger partial charge on any atom is -0.454 e. The number of nitrogens with zero attached hydrogens (tertiary/aromatic N) is 1. The zero-order valence-corrected chi connectivity index (χ0v) is 18.3. The van der Waals surface area contributed by atoms with Crippen LogP contribution < -0.4 is 20.5 Å². The van der Waals surface area contributed by atoms with Crippen molar-refractivity contribution in [3.63, 3.8) is 0 Å². The van der Waals surface area contributed by atoms with E-state index in [0.29, 0.717) is 40.8 Å². The van der Waals surface area contributed by atoms with Crippen LogP contribution in [0.3, 0.4) is 0 Å². The molecule has 0 radical (unpaired) electrons. The minimum atomic E-state index is -1.20. The molecule has 1 aliphatic heterocycles. The highest BCUT2D eigenvalue weighted by molar-refractivity contribution is 6.08. The van der Waals surface area contributed by atoms with Crippen molar-refractivity contribution >= 4 is 40.5 Å². The third-order valence-electron chi connectivity index (χ3n) is 5.78. The standard InChI is InChI=1S/C25H21N3O6/c1-13(23(29)28-25(26)31)34-24(30)21-16-4-2-3-5-18(16)27-22-15(7-8-17(21)22)10-14-6-9-19-20(11-14)33-12-32-19/h2-6,9-11,13H,7-8,12H2,1H3,(H3,26,28,29,31)/b15-10-. The first-order valence-corrected chi connectivity index (χ1v) is 10.7. The fourth-order valence-corrected chi connectivity index (χ4v) is 4.21. The second kappa shape index (κ2) is 8.51. The number of nitrogens with one attached hydrogen (secondary N) is 1. The fraction of sp³-hybridized carbons (Fsp3) is 0.200. The zero-order valence-electron chi connectivity index (χ0n) is 18.3. The molecular formula is C25H21N3O6. The van der Waals surface area contributed by atoms with Gasteiger partial charge in [-0.25, -0.2) is 14.6 Å². The Hall–Kier alpha value is -4.40. The van der Waals surface area contributed by atoms with Gasteiger partial charge in [-0.1, -0.05) is 24.3 Å². The van der Waals surface area contributed by atoms with E-state index in [-0.39, 0.29) is 6.79 Å². The van der Waals surface area contributed by atoms with Crippen molar-refractivity contribution in [2.75, 3.05) is 6.79 Å². The molecule has 9 nitrogen and oxygen atoms in total. The van der Waals surface area contributed by atoms with E-state index in [4.69, 9.17) is 24.9 Å². The molecule has 0 spiro atoms. The second-order valence-corrected chi connectivity index (χ2v) is 8.01. The molecule has 34 heavy (non-hydrogen) atoms. The van der Waals surface area contributed by atoms with E-state index < -0.39 is 24.0 Å². The number of benzene rings is 2. The van der Waals surface area contributed by atoms with Crippen LogP contribution in [0.2, 0.25) is 0 Å². The third kappa shape index (κ3) is 3.92. The number of urea groups is 1. The van der Waals surface area contributed by atoms with Gasteiger partial charge in [0.2, 0.25) is 6.79 Å². The molecule has 0 saturated carbocycles. The van der Waals surface area contributed by atoms with Crippen molar-refractivity contribution in [3.05, 3.63) is 64.8 Å². The summed E-state index contributed by atoms with van der Waals surface area (Å²) >= 11 is 0. The molecule has 2 aromatic carbocycles. The van der Waals surface area contributed by atoms with Crippen molar-refractivity contribution in [3.8, 4) is 11.5 Å². The molecule has 1 aromatic heterocycles. The topological polar surface area (TPSA) is 130 Å². The number of allylic oxidation sites excluding steroid dienone is 1. The predicted molar refractivity (Wildman–Crippen MR) is 123 cm³/mol. The average molecular weight is 459 g/mol. The van der Waals surface area contributed by atoms with Crippen LogP contribution in [0.25, 0.3) is 22.6 Å². The van der Waals surface area contributed by atoms with Crippen LogP contribution in [0, 0.1) is 0 Å². The Morgan fingerprint density at radius 1 is 1.12 bits per heavy atom. The molecule has 3 N–H and O–H groups in total. The van der Waals surface area contributed by atoms with Crippen LogP contribution in [0.1, 0.15) is 40.5 Å². The Labute approximate surface area is 194 Å². The quantitative estimate of drug-likeness (QED) is 0.573. The SMILES string of the molecule is CC(OC(=O)c1c2c(nc3ccccc13)/C(=C\c1ccc3c(c1)OCO3)CC2)C(=O)NC(N)=O. The number of hydrogen-bond donors (Lipinski definition) is 2. The van der Waals surface area contributed by atoms with Crippen molar-refractivity contribution < 1.29 is 28.6 Å². The lowest BCUT2D eigenvalue weighted by atomic mass is 10.0. The summed E-state index contributed by atoms with van der Waals surface area (Å²) in [6.45, 7) is 1.58. The number of hydrogen-bond acceptors (Lipinski definition) is 7. The van der Waals surface area contributed by atoms with E-state index in [1.807, 2.05) is 47.8 Å². The predicted octanol–water partition coefficient (Wildman–Crippen LogP) is 3.19. The molecule has 1 unspecified atom stereocenters. The number of amides is 3. The van der Waals surface area contributed by atoms with Gasteiger partial charge < -0.3 is 19.9 Å². The first-order chi connectivity index (χ1) is 16.4. The molecule has 5 rings (SSSR count). The molecule has 172 valence electrons. The van der Waals surface area contributed by atoms with Gasteiger partial charge in [0.25, 0.3) is 5.91 Å². The lowest BCUT2D eigenvalue weighted by molar-refractivity contribution is -0.127. The summed E-state index contributed by atoms with van der Waals surface area (Å²) in [6, 6.07) is 12.0. The molecule has 3 amide bonds. The van der Waals surface area contributed by atoms with Gasteiger partial charge in [0, 0.05) is 5.39 Å². The van der Waals surface area contributed by atoms with E-state index >= 15 is 0 Å². The molecular weight excluding hydrogens is 438 g/mol. The van der Waals surface area contributed by atoms with Crippen LogP contribution in [0.5, 0.6) is 11.5 Å². The number of carbonyl (C=O) groups excluding carboxylic acids is 3. The number of aromatic nitrogens is 1. The highest BCUT2D eigenvalue weighted by Crippen LogP contribution is 2.39. The summed E-state index contributed by atoms with van der Waals surface area (Å²) in [6.07, 6.45) is 2.10. The number of imide groups is 1. The van der Waals surface area contributed by atoms with E-state index in [9.17, 15) is 14.4 Å². The van der Waals surface area contributed by atoms with E-state index in [1.165, 1.54) is 6.92 Å². The van der Waals surface area contributed by atoms with Gasteiger partial charge in [0.1, 0.15) is 0 Å². The van der Waals surface area contributed by atoms with Gasteiger partial charge in [0.05, 0.1) is 16.8 Å². The summed E-state index contributed by atoms with van der Waals surface area (Å²) in [5.41, 5.74) is 9.39. The van der Waals surface area contributed by atoms with Crippen molar-refractivity contribution in [1.82, 2.24) is 10.3 Å². The first kappa shape index (κ1) is 21.4. The maximum atomic E-state index is 13.2. The zero-order chi connectivity index (χ0) is 23.8. The van der Waals surface area contributed by atoms with Gasteiger partial charge in [-0.05, 0) is 60.7 Å². The Bertz CT molecular complexity index is 1380. The van der Waals surface area contributed by atoms with Gasteiger partial charge in [-0.15, -0.1) is 0 Å². The maximum absolute atomic E-state index is 13.2. The Kier molecular flexibility index (Phi) is 5.37. The molecule has 9 heteroatoms. The molecule has 2 aliphatic rings. The average Bonchev–Trinajstić information content (AvgIpc) is 3.43.